The van der Waals surface area contributed by atoms with Gasteiger partial charge >= 0.3 is 0 Å². The molecule has 1 unspecified atom stereocenters. The van der Waals surface area contributed by atoms with E-state index in [1.54, 1.807) is 0 Å². The van der Waals surface area contributed by atoms with Gasteiger partial charge in [-0.2, -0.15) is 0 Å². The number of hydrogen-bond acceptors (Lipinski definition) is 3. The molecule has 5 heteroatoms. The summed E-state index contributed by atoms with van der Waals surface area (Å²) in [4.78, 5) is 22.7. The summed E-state index contributed by atoms with van der Waals surface area (Å²) in [5.41, 5.74) is 0. The van der Waals surface area contributed by atoms with Crippen LogP contribution in [0.25, 0.3) is 0 Å². The lowest BCUT2D eigenvalue weighted by atomic mass is 10.0. The first-order valence-electron chi connectivity index (χ1n) is 7.35. The zero-order valence-corrected chi connectivity index (χ0v) is 11.8. The van der Waals surface area contributed by atoms with E-state index in [0.29, 0.717) is 38.3 Å². The SMILES string of the molecule is CCNC(=O)CCCC(=O)NCC(O)C1CCCC1. The Morgan fingerprint density at radius 2 is 1.74 bits per heavy atom. The van der Waals surface area contributed by atoms with Gasteiger partial charge < -0.3 is 15.7 Å². The maximum atomic E-state index is 11.5. The Balaban J connectivity index is 2.05. The van der Waals surface area contributed by atoms with E-state index in [4.69, 9.17) is 0 Å². The van der Waals surface area contributed by atoms with Crippen LogP contribution < -0.4 is 10.6 Å². The van der Waals surface area contributed by atoms with Gasteiger partial charge in [0.2, 0.25) is 11.8 Å². The molecule has 3 N–H and O–H groups in total. The second-order valence-corrected chi connectivity index (χ2v) is 5.22. The first-order valence-corrected chi connectivity index (χ1v) is 7.35. The molecule has 0 radical (unpaired) electrons. The van der Waals surface area contributed by atoms with Gasteiger partial charge in [-0.25, -0.2) is 0 Å². The van der Waals surface area contributed by atoms with E-state index < -0.39 is 6.10 Å². The molecule has 2 amide bonds. The van der Waals surface area contributed by atoms with E-state index in [9.17, 15) is 14.7 Å². The van der Waals surface area contributed by atoms with Gasteiger partial charge in [0, 0.05) is 25.9 Å². The van der Waals surface area contributed by atoms with E-state index in [-0.39, 0.29) is 11.8 Å². The van der Waals surface area contributed by atoms with E-state index in [2.05, 4.69) is 10.6 Å². The van der Waals surface area contributed by atoms with Gasteiger partial charge in [0.1, 0.15) is 0 Å². The van der Waals surface area contributed by atoms with Crippen LogP contribution in [0.5, 0.6) is 0 Å². The number of carbonyl (C=O) groups is 2. The lowest BCUT2D eigenvalue weighted by Crippen LogP contribution is -2.35. The Morgan fingerprint density at radius 3 is 2.32 bits per heavy atom. The minimum Gasteiger partial charge on any atom is -0.391 e. The number of aliphatic hydroxyl groups excluding tert-OH is 1. The van der Waals surface area contributed by atoms with Crippen LogP contribution in [0, 0.1) is 5.92 Å². The van der Waals surface area contributed by atoms with Crippen LogP contribution in [-0.2, 0) is 9.59 Å². The Morgan fingerprint density at radius 1 is 1.16 bits per heavy atom. The van der Waals surface area contributed by atoms with Crippen molar-refractivity contribution in [1.29, 1.82) is 0 Å². The summed E-state index contributed by atoms with van der Waals surface area (Å²) in [7, 11) is 0. The molecule has 0 saturated heterocycles. The maximum absolute atomic E-state index is 11.5. The molecule has 0 spiro atoms. The highest BCUT2D eigenvalue weighted by Gasteiger charge is 2.23. The number of hydrogen-bond donors (Lipinski definition) is 3. The normalized spacial score (nSPS) is 17.2. The van der Waals surface area contributed by atoms with Gasteiger partial charge in [-0.3, -0.25) is 9.59 Å². The van der Waals surface area contributed by atoms with Crippen molar-refractivity contribution in [3.8, 4) is 0 Å². The molecule has 0 aliphatic heterocycles. The van der Waals surface area contributed by atoms with Crippen molar-refractivity contribution in [1.82, 2.24) is 10.6 Å². The number of rotatable bonds is 8. The number of carbonyl (C=O) groups excluding carboxylic acids is 2. The Kier molecular flexibility index (Phi) is 7.48. The highest BCUT2D eigenvalue weighted by molar-refractivity contribution is 5.78. The van der Waals surface area contributed by atoms with Crippen molar-refractivity contribution < 1.29 is 14.7 Å². The van der Waals surface area contributed by atoms with Crippen molar-refractivity contribution in [3.05, 3.63) is 0 Å². The summed E-state index contributed by atoms with van der Waals surface area (Å²) in [6.07, 6.45) is 5.35. The fourth-order valence-electron chi connectivity index (χ4n) is 2.51. The summed E-state index contributed by atoms with van der Waals surface area (Å²) in [6.45, 7) is 2.83. The minimum absolute atomic E-state index is 0.0127. The van der Waals surface area contributed by atoms with Crippen LogP contribution in [0.3, 0.4) is 0 Å². The van der Waals surface area contributed by atoms with Gasteiger partial charge in [0.05, 0.1) is 6.10 Å². The third-order valence-corrected chi connectivity index (χ3v) is 3.63. The fourth-order valence-corrected chi connectivity index (χ4v) is 2.51. The summed E-state index contributed by atoms with van der Waals surface area (Å²) >= 11 is 0. The van der Waals surface area contributed by atoms with Crippen molar-refractivity contribution in [2.75, 3.05) is 13.1 Å². The fraction of sp³-hybridized carbons (Fsp3) is 0.857. The van der Waals surface area contributed by atoms with Crippen LogP contribution in [-0.4, -0.2) is 36.1 Å². The predicted octanol–water partition coefficient (Wildman–Crippen LogP) is 0.960. The maximum Gasteiger partial charge on any atom is 0.220 e. The predicted molar refractivity (Wildman–Crippen MR) is 73.5 cm³/mol. The Hall–Kier alpha value is -1.10. The molecule has 1 atom stereocenters. The number of amides is 2. The molecule has 19 heavy (non-hydrogen) atoms. The number of aliphatic hydroxyl groups is 1. The van der Waals surface area contributed by atoms with Gasteiger partial charge in [0.15, 0.2) is 0 Å². The monoisotopic (exact) mass is 270 g/mol. The van der Waals surface area contributed by atoms with Gasteiger partial charge in [-0.1, -0.05) is 12.8 Å². The number of nitrogens with one attached hydrogen (secondary N) is 2. The van der Waals surface area contributed by atoms with Crippen LogP contribution in [0.2, 0.25) is 0 Å². The lowest BCUT2D eigenvalue weighted by Gasteiger charge is -2.17. The van der Waals surface area contributed by atoms with Crippen LogP contribution in [0.1, 0.15) is 51.9 Å². The van der Waals surface area contributed by atoms with Crippen molar-refractivity contribution in [2.45, 2.75) is 58.0 Å². The van der Waals surface area contributed by atoms with E-state index in [0.717, 1.165) is 12.8 Å². The average molecular weight is 270 g/mol. The summed E-state index contributed by atoms with van der Waals surface area (Å²) in [6, 6.07) is 0. The molecule has 0 bridgehead atoms. The summed E-state index contributed by atoms with van der Waals surface area (Å²) in [5.74, 6) is 0.248. The molecular weight excluding hydrogens is 244 g/mol. The van der Waals surface area contributed by atoms with Gasteiger partial charge in [-0.05, 0) is 32.1 Å². The topological polar surface area (TPSA) is 78.4 Å². The van der Waals surface area contributed by atoms with E-state index in [1.165, 1.54) is 12.8 Å². The lowest BCUT2D eigenvalue weighted by molar-refractivity contribution is -0.122. The van der Waals surface area contributed by atoms with E-state index >= 15 is 0 Å². The molecule has 0 aromatic carbocycles. The molecular formula is C14H26N2O3. The molecule has 1 rings (SSSR count). The standard InChI is InChI=1S/C14H26N2O3/c1-2-15-13(18)8-5-9-14(19)16-10-12(17)11-6-3-4-7-11/h11-12,17H,2-10H2,1H3,(H,15,18)(H,16,19). The average Bonchev–Trinajstić information content (AvgIpc) is 2.90. The van der Waals surface area contributed by atoms with Gasteiger partial charge in [-0.15, -0.1) is 0 Å². The molecule has 5 nitrogen and oxygen atoms in total. The first kappa shape index (κ1) is 16.0. The first-order chi connectivity index (χ1) is 9.13. The van der Waals surface area contributed by atoms with Gasteiger partial charge in [0.25, 0.3) is 0 Å². The van der Waals surface area contributed by atoms with E-state index in [1.807, 2.05) is 6.92 Å². The summed E-state index contributed by atoms with van der Waals surface area (Å²) < 4.78 is 0. The molecule has 0 aromatic rings. The second kappa shape index (κ2) is 8.91. The third kappa shape index (κ3) is 6.57. The van der Waals surface area contributed by atoms with Crippen molar-refractivity contribution >= 4 is 11.8 Å². The molecule has 110 valence electrons. The smallest absolute Gasteiger partial charge is 0.220 e. The highest BCUT2D eigenvalue weighted by atomic mass is 16.3. The molecule has 1 aliphatic rings. The summed E-state index contributed by atoms with van der Waals surface area (Å²) in [5, 5.41) is 15.3. The highest BCUT2D eigenvalue weighted by Crippen LogP contribution is 2.27. The molecule has 0 aromatic heterocycles. The quantitative estimate of drug-likeness (QED) is 0.614. The van der Waals surface area contributed by atoms with Crippen LogP contribution in [0.15, 0.2) is 0 Å². The molecule has 1 aliphatic carbocycles. The van der Waals surface area contributed by atoms with Crippen LogP contribution in [0.4, 0.5) is 0 Å². The second-order valence-electron chi connectivity index (χ2n) is 5.22. The van der Waals surface area contributed by atoms with Crippen molar-refractivity contribution in [2.24, 2.45) is 5.92 Å². The Bertz CT molecular complexity index is 288. The molecule has 1 fully saturated rings. The zero-order valence-electron chi connectivity index (χ0n) is 11.8. The molecule has 0 heterocycles. The molecule has 1 saturated carbocycles. The zero-order chi connectivity index (χ0) is 14.1. The minimum atomic E-state index is -0.421. The van der Waals surface area contributed by atoms with Crippen molar-refractivity contribution in [3.63, 3.8) is 0 Å². The van der Waals surface area contributed by atoms with Crippen LogP contribution >= 0.6 is 0 Å². The Labute approximate surface area is 115 Å². The largest absolute Gasteiger partial charge is 0.391 e. The third-order valence-electron chi connectivity index (χ3n) is 3.63.